The Bertz CT molecular complexity index is 1130. The number of nitrogens with zero attached hydrogens (tertiary/aromatic N) is 1. The molecule has 27 heavy (non-hydrogen) atoms. The monoisotopic (exact) mass is 352 g/mol. The molecule has 0 aliphatic rings. The van der Waals surface area contributed by atoms with Gasteiger partial charge in [0, 0.05) is 17.1 Å². The van der Waals surface area contributed by atoms with Crippen LogP contribution in [-0.2, 0) is 11.2 Å². The second kappa shape index (κ2) is 7.19. The number of esters is 1. The van der Waals surface area contributed by atoms with Gasteiger partial charge in [0.15, 0.2) is 0 Å². The Balaban J connectivity index is 1.44. The van der Waals surface area contributed by atoms with Crippen LogP contribution >= 0.6 is 0 Å². The van der Waals surface area contributed by atoms with Crippen molar-refractivity contribution in [2.45, 2.75) is 6.42 Å². The molecular formula is C23H16N2O2. The zero-order valence-electron chi connectivity index (χ0n) is 14.5. The summed E-state index contributed by atoms with van der Waals surface area (Å²) >= 11 is 0. The molecule has 0 spiro atoms. The first-order valence-electron chi connectivity index (χ1n) is 8.59. The molecule has 4 rings (SSSR count). The third-order valence-electron chi connectivity index (χ3n) is 4.44. The van der Waals surface area contributed by atoms with Crippen molar-refractivity contribution in [2.75, 3.05) is 0 Å². The summed E-state index contributed by atoms with van der Waals surface area (Å²) in [5, 5.41) is 9.90. The lowest BCUT2D eigenvalue weighted by Gasteiger charge is -2.06. The molecule has 0 radical (unpaired) electrons. The van der Waals surface area contributed by atoms with Crippen LogP contribution in [0.5, 0.6) is 5.75 Å². The van der Waals surface area contributed by atoms with Gasteiger partial charge in [0.05, 0.1) is 18.1 Å². The molecule has 4 aromatic rings. The maximum atomic E-state index is 12.3. The van der Waals surface area contributed by atoms with Crippen LogP contribution in [0.15, 0.2) is 79.0 Å². The molecule has 4 heteroatoms. The molecular weight excluding hydrogens is 336 g/mol. The van der Waals surface area contributed by atoms with Gasteiger partial charge in [-0.05, 0) is 47.0 Å². The number of fused-ring (bicyclic) bond motifs is 1. The van der Waals surface area contributed by atoms with Crippen LogP contribution in [0.3, 0.4) is 0 Å². The number of nitrogens with one attached hydrogen (secondary N) is 1. The number of aromatic nitrogens is 1. The number of carbonyl (C=O) groups is 1. The normalized spacial score (nSPS) is 10.5. The Morgan fingerprint density at radius 1 is 0.926 bits per heavy atom. The largest absolute Gasteiger partial charge is 0.426 e. The Morgan fingerprint density at radius 2 is 1.59 bits per heavy atom. The summed E-state index contributed by atoms with van der Waals surface area (Å²) < 4.78 is 5.47. The van der Waals surface area contributed by atoms with Crippen molar-refractivity contribution in [1.82, 2.24) is 4.98 Å². The van der Waals surface area contributed by atoms with E-state index in [1.54, 1.807) is 24.3 Å². The number of hydrogen-bond acceptors (Lipinski definition) is 3. The lowest BCUT2D eigenvalue weighted by Crippen LogP contribution is -2.10. The summed E-state index contributed by atoms with van der Waals surface area (Å²) in [6, 6.07) is 24.7. The molecule has 0 fully saturated rings. The highest BCUT2D eigenvalue weighted by molar-refractivity contribution is 5.87. The Hall–Kier alpha value is -3.84. The number of rotatable bonds is 4. The van der Waals surface area contributed by atoms with E-state index in [1.807, 2.05) is 54.7 Å². The fraction of sp³-hybridized carbons (Fsp3) is 0.0435. The van der Waals surface area contributed by atoms with Crippen molar-refractivity contribution in [1.29, 1.82) is 5.26 Å². The molecule has 3 aromatic carbocycles. The van der Waals surface area contributed by atoms with Crippen LogP contribution in [-0.4, -0.2) is 11.0 Å². The van der Waals surface area contributed by atoms with Gasteiger partial charge in [0.2, 0.25) is 0 Å². The molecule has 0 atom stereocenters. The first kappa shape index (κ1) is 16.6. The number of hydrogen-bond donors (Lipinski definition) is 1. The van der Waals surface area contributed by atoms with Crippen molar-refractivity contribution in [3.63, 3.8) is 0 Å². The van der Waals surface area contributed by atoms with E-state index < -0.39 is 0 Å². The van der Waals surface area contributed by atoms with E-state index in [0.717, 1.165) is 27.6 Å². The highest BCUT2D eigenvalue weighted by Gasteiger charge is 2.11. The van der Waals surface area contributed by atoms with Crippen LogP contribution in [0.4, 0.5) is 0 Å². The molecule has 1 heterocycles. The SMILES string of the molecule is N#Cc1ccc(-c2ccc(OC(=O)Cc3c[nH]c4ccccc34)cc2)cc1. The molecule has 0 bridgehead atoms. The fourth-order valence-corrected chi connectivity index (χ4v) is 3.05. The predicted molar refractivity (Wildman–Crippen MR) is 104 cm³/mol. The minimum atomic E-state index is -0.300. The second-order valence-corrected chi connectivity index (χ2v) is 6.22. The maximum absolute atomic E-state index is 12.3. The first-order chi connectivity index (χ1) is 13.2. The fourth-order valence-electron chi connectivity index (χ4n) is 3.05. The quantitative estimate of drug-likeness (QED) is 0.421. The third-order valence-corrected chi connectivity index (χ3v) is 4.44. The smallest absolute Gasteiger partial charge is 0.315 e. The summed E-state index contributed by atoms with van der Waals surface area (Å²) in [5.41, 5.74) is 4.56. The topological polar surface area (TPSA) is 65.9 Å². The maximum Gasteiger partial charge on any atom is 0.315 e. The van der Waals surface area contributed by atoms with Gasteiger partial charge in [0.1, 0.15) is 5.75 Å². The number of benzene rings is 3. The number of nitriles is 1. The molecule has 1 N–H and O–H groups in total. The van der Waals surface area contributed by atoms with Crippen molar-refractivity contribution in [3.8, 4) is 22.9 Å². The summed E-state index contributed by atoms with van der Waals surface area (Å²) in [7, 11) is 0. The number of H-pyrrole nitrogens is 1. The van der Waals surface area contributed by atoms with Gasteiger partial charge in [-0.2, -0.15) is 5.26 Å². The van der Waals surface area contributed by atoms with E-state index in [2.05, 4.69) is 11.1 Å². The van der Waals surface area contributed by atoms with E-state index in [4.69, 9.17) is 10.00 Å². The minimum absolute atomic E-state index is 0.210. The molecule has 0 aliphatic heterocycles. The lowest BCUT2D eigenvalue weighted by atomic mass is 10.0. The van der Waals surface area contributed by atoms with Crippen molar-refractivity contribution >= 4 is 16.9 Å². The van der Waals surface area contributed by atoms with Crippen LogP contribution in [0.25, 0.3) is 22.0 Å². The molecule has 4 nitrogen and oxygen atoms in total. The molecule has 0 aliphatic carbocycles. The standard InChI is InChI=1S/C23H16N2O2/c24-14-16-5-7-17(8-6-16)18-9-11-20(12-10-18)27-23(26)13-19-15-25-22-4-2-1-3-21(19)22/h1-12,15,25H,13H2. The molecule has 1 aromatic heterocycles. The summed E-state index contributed by atoms with van der Waals surface area (Å²) in [6.07, 6.45) is 2.06. The molecule has 0 amide bonds. The zero-order valence-corrected chi connectivity index (χ0v) is 14.5. The van der Waals surface area contributed by atoms with E-state index in [1.165, 1.54) is 0 Å². The van der Waals surface area contributed by atoms with Crippen LogP contribution < -0.4 is 4.74 Å². The molecule has 0 saturated carbocycles. The van der Waals surface area contributed by atoms with E-state index in [0.29, 0.717) is 11.3 Å². The Morgan fingerprint density at radius 3 is 2.30 bits per heavy atom. The summed E-state index contributed by atoms with van der Waals surface area (Å²) in [6.45, 7) is 0. The molecule has 0 saturated heterocycles. The summed E-state index contributed by atoms with van der Waals surface area (Å²) in [4.78, 5) is 15.4. The van der Waals surface area contributed by atoms with Crippen LogP contribution in [0, 0.1) is 11.3 Å². The Labute approximate surface area is 156 Å². The Kier molecular flexibility index (Phi) is 4.42. The number of carbonyl (C=O) groups excluding carboxylic acids is 1. The highest BCUT2D eigenvalue weighted by Crippen LogP contribution is 2.24. The van der Waals surface area contributed by atoms with Crippen molar-refractivity contribution in [3.05, 3.63) is 90.1 Å². The zero-order chi connectivity index (χ0) is 18.6. The van der Waals surface area contributed by atoms with Crippen molar-refractivity contribution < 1.29 is 9.53 Å². The van der Waals surface area contributed by atoms with E-state index >= 15 is 0 Å². The molecule has 130 valence electrons. The van der Waals surface area contributed by atoms with Gasteiger partial charge in [-0.1, -0.05) is 42.5 Å². The second-order valence-electron chi connectivity index (χ2n) is 6.22. The minimum Gasteiger partial charge on any atom is -0.426 e. The van der Waals surface area contributed by atoms with Gasteiger partial charge in [0.25, 0.3) is 0 Å². The number of para-hydroxylation sites is 1. The van der Waals surface area contributed by atoms with E-state index in [9.17, 15) is 4.79 Å². The van der Waals surface area contributed by atoms with E-state index in [-0.39, 0.29) is 12.4 Å². The van der Waals surface area contributed by atoms with Gasteiger partial charge >= 0.3 is 5.97 Å². The predicted octanol–water partition coefficient (Wildman–Crippen LogP) is 4.85. The van der Waals surface area contributed by atoms with Gasteiger partial charge < -0.3 is 9.72 Å². The average Bonchev–Trinajstić information content (AvgIpc) is 3.11. The first-order valence-corrected chi connectivity index (χ1v) is 8.59. The van der Waals surface area contributed by atoms with Crippen LogP contribution in [0.1, 0.15) is 11.1 Å². The average molecular weight is 352 g/mol. The lowest BCUT2D eigenvalue weighted by molar-refractivity contribution is -0.133. The molecule has 0 unspecified atom stereocenters. The van der Waals surface area contributed by atoms with Gasteiger partial charge in [-0.15, -0.1) is 0 Å². The summed E-state index contributed by atoms with van der Waals surface area (Å²) in [5.74, 6) is 0.211. The van der Waals surface area contributed by atoms with Crippen molar-refractivity contribution in [2.24, 2.45) is 0 Å². The third kappa shape index (κ3) is 3.58. The number of aromatic amines is 1. The highest BCUT2D eigenvalue weighted by atomic mass is 16.5. The van der Waals surface area contributed by atoms with Crippen LogP contribution in [0.2, 0.25) is 0 Å². The number of ether oxygens (including phenoxy) is 1. The van der Waals surface area contributed by atoms with Gasteiger partial charge in [-0.25, -0.2) is 0 Å². The van der Waals surface area contributed by atoms with Gasteiger partial charge in [-0.3, -0.25) is 4.79 Å².